The summed E-state index contributed by atoms with van der Waals surface area (Å²) in [7, 11) is 1.69. The Morgan fingerprint density at radius 3 is 2.64 bits per heavy atom. The molecule has 0 aromatic carbocycles. The first-order valence-electron chi connectivity index (χ1n) is 5.21. The molecule has 0 saturated heterocycles. The van der Waals surface area contributed by atoms with Crippen LogP contribution in [-0.2, 0) is 4.79 Å². The predicted octanol–water partition coefficient (Wildman–Crippen LogP) is 1.16. The van der Waals surface area contributed by atoms with Crippen molar-refractivity contribution in [1.82, 2.24) is 10.2 Å². The Kier molecular flexibility index (Phi) is 3.69. The first-order chi connectivity index (χ1) is 6.56. The van der Waals surface area contributed by atoms with Crippen LogP contribution < -0.4 is 5.32 Å². The molecule has 0 bridgehead atoms. The molecule has 0 atom stereocenters. The lowest BCUT2D eigenvalue weighted by molar-refractivity contribution is -0.117. The minimum Gasteiger partial charge on any atom is -0.355 e. The van der Waals surface area contributed by atoms with Crippen LogP contribution in [0, 0.1) is 0 Å². The van der Waals surface area contributed by atoms with Crippen LogP contribution in [0.1, 0.15) is 27.2 Å². The second-order valence-corrected chi connectivity index (χ2v) is 4.15. The highest BCUT2D eigenvalue weighted by molar-refractivity contribution is 5.94. The quantitative estimate of drug-likeness (QED) is 0.719. The molecule has 0 radical (unpaired) electrons. The number of hydrogen-bond donors (Lipinski definition) is 1. The van der Waals surface area contributed by atoms with Crippen LogP contribution in [0.15, 0.2) is 11.1 Å². The van der Waals surface area contributed by atoms with Crippen LogP contribution in [0.5, 0.6) is 0 Å². The monoisotopic (exact) mass is 196 g/mol. The molecule has 0 aliphatic carbocycles. The molecule has 1 aliphatic heterocycles. The lowest BCUT2D eigenvalue weighted by atomic mass is 10.00. The second-order valence-electron chi connectivity index (χ2n) is 4.15. The van der Waals surface area contributed by atoms with E-state index in [4.69, 9.17) is 0 Å². The molecule has 1 N–H and O–H groups in total. The predicted molar refractivity (Wildman–Crippen MR) is 58.1 cm³/mol. The zero-order chi connectivity index (χ0) is 10.7. The molecule has 14 heavy (non-hydrogen) atoms. The fraction of sp³-hybridized carbons (Fsp3) is 0.727. The van der Waals surface area contributed by atoms with Crippen LogP contribution in [0.3, 0.4) is 0 Å². The second kappa shape index (κ2) is 4.60. The van der Waals surface area contributed by atoms with E-state index in [1.165, 1.54) is 5.57 Å². The van der Waals surface area contributed by atoms with Crippen molar-refractivity contribution < 1.29 is 4.79 Å². The van der Waals surface area contributed by atoms with E-state index in [2.05, 4.69) is 31.0 Å². The van der Waals surface area contributed by atoms with Gasteiger partial charge in [-0.15, -0.1) is 0 Å². The molecule has 3 nitrogen and oxygen atoms in total. The summed E-state index contributed by atoms with van der Waals surface area (Å²) in [5.74, 6) is 0.0767. The molecule has 0 fully saturated rings. The number of amides is 1. The van der Waals surface area contributed by atoms with Crippen molar-refractivity contribution in [2.45, 2.75) is 33.2 Å². The minimum absolute atomic E-state index is 0.0767. The maximum Gasteiger partial charge on any atom is 0.248 e. The average molecular weight is 196 g/mol. The van der Waals surface area contributed by atoms with Crippen LogP contribution in [0.2, 0.25) is 0 Å². The van der Waals surface area contributed by atoms with Gasteiger partial charge in [0.1, 0.15) is 0 Å². The SMILES string of the molecule is CNC(=O)C1=C(C)CCN(C(C)C)C1. The van der Waals surface area contributed by atoms with E-state index in [-0.39, 0.29) is 5.91 Å². The molecule has 1 aliphatic rings. The van der Waals surface area contributed by atoms with Gasteiger partial charge in [0.15, 0.2) is 0 Å². The van der Waals surface area contributed by atoms with Crippen LogP contribution in [0.4, 0.5) is 0 Å². The average Bonchev–Trinajstić information content (AvgIpc) is 2.17. The molecule has 0 unspecified atom stereocenters. The Morgan fingerprint density at radius 2 is 2.14 bits per heavy atom. The van der Waals surface area contributed by atoms with Gasteiger partial charge in [0, 0.05) is 31.8 Å². The highest BCUT2D eigenvalue weighted by atomic mass is 16.1. The molecule has 0 aromatic heterocycles. The number of likely N-dealkylation sites (N-methyl/N-ethyl adjacent to an activating group) is 1. The third-order valence-corrected chi connectivity index (χ3v) is 2.88. The van der Waals surface area contributed by atoms with Crippen molar-refractivity contribution in [1.29, 1.82) is 0 Å². The summed E-state index contributed by atoms with van der Waals surface area (Å²) >= 11 is 0. The summed E-state index contributed by atoms with van der Waals surface area (Å²) < 4.78 is 0. The molecular weight excluding hydrogens is 176 g/mol. The molecule has 1 rings (SSSR count). The molecule has 1 heterocycles. The molecule has 0 spiro atoms. The van der Waals surface area contributed by atoms with Gasteiger partial charge in [-0.1, -0.05) is 5.57 Å². The van der Waals surface area contributed by atoms with Gasteiger partial charge >= 0.3 is 0 Å². The van der Waals surface area contributed by atoms with E-state index < -0.39 is 0 Å². The van der Waals surface area contributed by atoms with Crippen molar-refractivity contribution in [2.75, 3.05) is 20.1 Å². The van der Waals surface area contributed by atoms with Gasteiger partial charge < -0.3 is 5.32 Å². The summed E-state index contributed by atoms with van der Waals surface area (Å²) in [5, 5.41) is 2.70. The van der Waals surface area contributed by atoms with Crippen LogP contribution in [-0.4, -0.2) is 37.0 Å². The molecular formula is C11H20N2O. The normalized spacial score (nSPS) is 18.9. The van der Waals surface area contributed by atoms with Gasteiger partial charge in [0.05, 0.1) is 0 Å². The van der Waals surface area contributed by atoms with Crippen LogP contribution >= 0.6 is 0 Å². The highest BCUT2D eigenvalue weighted by Gasteiger charge is 2.22. The van der Waals surface area contributed by atoms with Gasteiger partial charge in [-0.25, -0.2) is 0 Å². The van der Waals surface area contributed by atoms with Crippen molar-refractivity contribution in [3.8, 4) is 0 Å². The molecule has 1 amide bonds. The fourth-order valence-corrected chi connectivity index (χ4v) is 1.74. The zero-order valence-corrected chi connectivity index (χ0v) is 9.55. The first kappa shape index (κ1) is 11.2. The van der Waals surface area contributed by atoms with E-state index in [1.807, 2.05) is 0 Å². The Labute approximate surface area is 86.2 Å². The van der Waals surface area contributed by atoms with Crippen molar-refractivity contribution in [3.63, 3.8) is 0 Å². The van der Waals surface area contributed by atoms with E-state index in [9.17, 15) is 4.79 Å². The molecule has 3 heteroatoms. The lowest BCUT2D eigenvalue weighted by Gasteiger charge is -2.32. The number of rotatable bonds is 2. The number of nitrogens with one attached hydrogen (secondary N) is 1. The smallest absolute Gasteiger partial charge is 0.248 e. The van der Waals surface area contributed by atoms with Gasteiger partial charge in [-0.2, -0.15) is 0 Å². The van der Waals surface area contributed by atoms with E-state index in [1.54, 1.807) is 7.05 Å². The minimum atomic E-state index is 0.0767. The summed E-state index contributed by atoms with van der Waals surface area (Å²) in [6.07, 6.45) is 1.01. The Morgan fingerprint density at radius 1 is 1.50 bits per heavy atom. The number of hydrogen-bond acceptors (Lipinski definition) is 2. The third-order valence-electron chi connectivity index (χ3n) is 2.88. The van der Waals surface area contributed by atoms with Crippen molar-refractivity contribution in [3.05, 3.63) is 11.1 Å². The molecule has 80 valence electrons. The van der Waals surface area contributed by atoms with Crippen LogP contribution in [0.25, 0.3) is 0 Å². The standard InChI is InChI=1S/C11H20N2O/c1-8(2)13-6-5-9(3)10(7-13)11(14)12-4/h8H,5-7H2,1-4H3,(H,12,14). The highest BCUT2D eigenvalue weighted by Crippen LogP contribution is 2.19. The number of carbonyl (C=O) groups is 1. The van der Waals surface area contributed by atoms with E-state index in [0.29, 0.717) is 6.04 Å². The summed E-state index contributed by atoms with van der Waals surface area (Å²) in [5.41, 5.74) is 2.19. The first-order valence-corrected chi connectivity index (χ1v) is 5.21. The van der Waals surface area contributed by atoms with Crippen molar-refractivity contribution in [2.24, 2.45) is 0 Å². The van der Waals surface area contributed by atoms with Crippen molar-refractivity contribution >= 4 is 5.91 Å². The molecule has 0 aromatic rings. The van der Waals surface area contributed by atoms with E-state index in [0.717, 1.165) is 25.1 Å². The number of nitrogens with zero attached hydrogens (tertiary/aromatic N) is 1. The fourth-order valence-electron chi connectivity index (χ4n) is 1.74. The zero-order valence-electron chi connectivity index (χ0n) is 9.55. The Hall–Kier alpha value is -0.830. The Balaban J connectivity index is 2.76. The third kappa shape index (κ3) is 2.35. The topological polar surface area (TPSA) is 32.3 Å². The van der Waals surface area contributed by atoms with E-state index >= 15 is 0 Å². The van der Waals surface area contributed by atoms with Gasteiger partial charge in [-0.05, 0) is 27.2 Å². The Bertz CT molecular complexity index is 256. The maximum atomic E-state index is 11.5. The van der Waals surface area contributed by atoms with Gasteiger partial charge in [0.25, 0.3) is 0 Å². The summed E-state index contributed by atoms with van der Waals surface area (Å²) in [4.78, 5) is 13.9. The van der Waals surface area contributed by atoms with Gasteiger partial charge in [-0.3, -0.25) is 9.69 Å². The summed E-state index contributed by atoms with van der Waals surface area (Å²) in [6, 6.07) is 0.516. The maximum absolute atomic E-state index is 11.5. The summed E-state index contributed by atoms with van der Waals surface area (Å²) in [6.45, 7) is 8.26. The lowest BCUT2D eigenvalue weighted by Crippen LogP contribution is -2.40. The van der Waals surface area contributed by atoms with Gasteiger partial charge in [0.2, 0.25) is 5.91 Å². The largest absolute Gasteiger partial charge is 0.355 e. The molecule has 0 saturated carbocycles. The number of carbonyl (C=O) groups excluding carboxylic acids is 1.